The lowest BCUT2D eigenvalue weighted by Gasteiger charge is -2.20. The molecule has 0 unspecified atom stereocenters. The van der Waals surface area contributed by atoms with Crippen molar-refractivity contribution in [1.29, 1.82) is 0 Å². The fraction of sp³-hybridized carbons (Fsp3) is 0.0488. The van der Waals surface area contributed by atoms with E-state index in [1.807, 2.05) is 12.1 Å². The van der Waals surface area contributed by atoms with Gasteiger partial charge in [0, 0.05) is 24.0 Å². The number of hydrogen-bond acceptors (Lipinski definition) is 1. The highest BCUT2D eigenvalue weighted by Crippen LogP contribution is 2.44. The monoisotopic (exact) mass is 565 g/mol. The number of hydrogen-bond donors (Lipinski definition) is 0. The summed E-state index contributed by atoms with van der Waals surface area (Å²) in [6.07, 6.45) is -2.90. The molecule has 204 valence electrons. The molecule has 0 N–H and O–H groups in total. The lowest BCUT2D eigenvalue weighted by molar-refractivity contribution is 0.917. The van der Waals surface area contributed by atoms with Gasteiger partial charge in [-0.1, -0.05) is 128 Å². The fourth-order valence-corrected chi connectivity index (χ4v) is 5.84. The molecule has 0 amide bonds. The molecule has 1 heterocycles. The number of fused-ring (bicyclic) bond motifs is 3. The van der Waals surface area contributed by atoms with E-state index in [4.69, 9.17) is 20.6 Å². The van der Waals surface area contributed by atoms with E-state index in [1.165, 1.54) is 10.6 Å². The minimum absolute atomic E-state index is 0.127. The van der Waals surface area contributed by atoms with Crippen LogP contribution in [0.3, 0.4) is 0 Å². The maximum atomic E-state index is 8.88. The Balaban J connectivity index is 1.55. The van der Waals surface area contributed by atoms with Crippen molar-refractivity contribution in [2.24, 2.45) is 0 Å². The number of rotatable bonds is 5. The minimum atomic E-state index is -3.10. The lowest BCUT2D eigenvalue weighted by Crippen LogP contribution is -2.03. The Hall–Kier alpha value is -5.47. The summed E-state index contributed by atoms with van der Waals surface area (Å²) in [4.78, 5) is 4.55. The average molecular weight is 566 g/mol. The second-order valence-corrected chi connectivity index (χ2v) is 10.00. The van der Waals surface area contributed by atoms with Crippen molar-refractivity contribution in [2.45, 2.75) is 13.2 Å². The van der Waals surface area contributed by atoms with Crippen molar-refractivity contribution in [2.75, 3.05) is 0 Å². The van der Waals surface area contributed by atoms with Crippen molar-refractivity contribution < 1.29 is 20.6 Å². The van der Waals surface area contributed by atoms with Crippen LogP contribution in [0, 0.1) is 0 Å². The Labute approximate surface area is 272 Å². The Morgan fingerprint density at radius 2 is 1.12 bits per heavy atom. The SMILES string of the molecule is [2H]c1c([2H])c([2H])c(-c2cc(-c3c([2H])c([2H])c([2H])c([2H])c3[2H])cc(-c3c4ccccc4c(-n4c(C([2H])([2H])C([2H])([2H])[2H])nc5ccccc54)c4ccccc34)c2)c([2H])c1[2H]. The van der Waals surface area contributed by atoms with E-state index in [0.29, 0.717) is 49.4 Å². The number of aryl methyl sites for hydroxylation is 1. The van der Waals surface area contributed by atoms with Crippen LogP contribution in [0.25, 0.3) is 71.6 Å². The normalized spacial score (nSPS) is 17.1. The van der Waals surface area contributed by atoms with Gasteiger partial charge in [-0.2, -0.15) is 0 Å². The summed E-state index contributed by atoms with van der Waals surface area (Å²) in [6.45, 7) is -3.10. The van der Waals surface area contributed by atoms with Crippen molar-refractivity contribution in [3.63, 3.8) is 0 Å². The van der Waals surface area contributed by atoms with E-state index in [1.54, 1.807) is 72.8 Å². The van der Waals surface area contributed by atoms with Gasteiger partial charge in [0.2, 0.25) is 0 Å². The van der Waals surface area contributed by atoms with E-state index in [2.05, 4.69) is 4.98 Å². The quantitative estimate of drug-likeness (QED) is 0.190. The van der Waals surface area contributed by atoms with Crippen molar-refractivity contribution >= 4 is 32.6 Å². The average Bonchev–Trinajstić information content (AvgIpc) is 3.59. The van der Waals surface area contributed by atoms with Crippen LogP contribution in [0.2, 0.25) is 0 Å². The van der Waals surface area contributed by atoms with Crippen LogP contribution in [0.4, 0.5) is 0 Å². The third-order valence-electron chi connectivity index (χ3n) is 7.60. The van der Waals surface area contributed by atoms with Crippen LogP contribution < -0.4 is 0 Å². The highest BCUT2D eigenvalue weighted by atomic mass is 15.1. The summed E-state index contributed by atoms with van der Waals surface area (Å²) < 4.78 is 129. The molecule has 0 bridgehead atoms. The molecule has 43 heavy (non-hydrogen) atoms. The summed E-state index contributed by atoms with van der Waals surface area (Å²) in [5, 5.41) is 2.28. The second kappa shape index (κ2) is 10.4. The van der Waals surface area contributed by atoms with Gasteiger partial charge in [0.15, 0.2) is 0 Å². The van der Waals surface area contributed by atoms with Gasteiger partial charge in [0.05, 0.1) is 30.4 Å². The van der Waals surface area contributed by atoms with Crippen LogP contribution in [-0.4, -0.2) is 9.55 Å². The predicted molar refractivity (Wildman–Crippen MR) is 182 cm³/mol. The van der Waals surface area contributed by atoms with E-state index in [0.717, 1.165) is 0 Å². The first-order valence-corrected chi connectivity index (χ1v) is 13.6. The van der Waals surface area contributed by atoms with Gasteiger partial charge in [0.1, 0.15) is 5.82 Å². The van der Waals surface area contributed by atoms with Gasteiger partial charge in [-0.25, -0.2) is 4.98 Å². The smallest absolute Gasteiger partial charge is 0.114 e. The highest BCUT2D eigenvalue weighted by molar-refractivity contribution is 6.19. The Morgan fingerprint density at radius 1 is 0.605 bits per heavy atom. The molecule has 0 atom stereocenters. The molecular weight excluding hydrogens is 520 g/mol. The largest absolute Gasteiger partial charge is 0.295 e. The number of para-hydroxylation sites is 2. The molecule has 1 aromatic heterocycles. The van der Waals surface area contributed by atoms with Crippen molar-refractivity contribution in [3.05, 3.63) is 157 Å². The maximum Gasteiger partial charge on any atom is 0.114 e. The van der Waals surface area contributed by atoms with Crippen LogP contribution >= 0.6 is 0 Å². The summed E-state index contributed by atoms with van der Waals surface area (Å²) in [7, 11) is 0. The van der Waals surface area contributed by atoms with Gasteiger partial charge < -0.3 is 0 Å². The Kier molecular flexibility index (Phi) is 3.42. The number of aromatic nitrogens is 2. The fourth-order valence-electron chi connectivity index (χ4n) is 5.84. The van der Waals surface area contributed by atoms with E-state index in [9.17, 15) is 0 Å². The second-order valence-electron chi connectivity index (χ2n) is 10.00. The molecule has 0 spiro atoms. The molecule has 0 fully saturated rings. The zero-order valence-corrected chi connectivity index (χ0v) is 22.6. The van der Waals surface area contributed by atoms with E-state index < -0.39 is 73.6 Å². The van der Waals surface area contributed by atoms with Gasteiger partial charge in [-0.15, -0.1) is 0 Å². The number of benzene rings is 7. The molecule has 8 rings (SSSR count). The third kappa shape index (κ3) is 4.23. The van der Waals surface area contributed by atoms with Crippen LogP contribution in [0.15, 0.2) is 151 Å². The molecule has 8 aromatic rings. The standard InChI is InChI=1S/C41H30N2/c1-2-39-42-37-23-13-14-24-38(37)43(39)41-35-21-11-9-19-33(35)40(34-20-10-12-22-36(34)41)32-26-30(28-15-5-3-6-16-28)25-31(27-32)29-17-7-4-8-18-29/h3-27H,2H2,1H3/i1D3,2D2,3D,4D,5D,6D,7D,8D,15D,16D,17D,18D. The van der Waals surface area contributed by atoms with Crippen molar-refractivity contribution in [1.82, 2.24) is 9.55 Å². The van der Waals surface area contributed by atoms with E-state index >= 15 is 0 Å². The first-order valence-electron chi connectivity index (χ1n) is 21.1. The van der Waals surface area contributed by atoms with Gasteiger partial charge >= 0.3 is 0 Å². The first-order chi connectivity index (χ1) is 27.4. The lowest BCUT2D eigenvalue weighted by atomic mass is 9.87. The summed E-state index contributed by atoms with van der Waals surface area (Å²) in [5.41, 5.74) is 2.17. The van der Waals surface area contributed by atoms with Crippen LogP contribution in [-0.2, 0) is 6.37 Å². The Bertz CT molecular complexity index is 2840. The Morgan fingerprint density at radius 3 is 1.70 bits per heavy atom. The highest BCUT2D eigenvalue weighted by Gasteiger charge is 2.21. The number of nitrogens with zero attached hydrogens (tertiary/aromatic N) is 2. The van der Waals surface area contributed by atoms with Crippen LogP contribution in [0.1, 0.15) is 33.2 Å². The third-order valence-corrected chi connectivity index (χ3v) is 7.60. The molecule has 0 aliphatic carbocycles. The first kappa shape index (κ1) is 14.1. The van der Waals surface area contributed by atoms with Gasteiger partial charge in [-0.05, 0) is 74.5 Å². The molecule has 0 aliphatic rings. The zero-order chi connectivity index (χ0) is 41.7. The summed E-state index contributed by atoms with van der Waals surface area (Å²) in [6, 6.07) is 20.5. The van der Waals surface area contributed by atoms with E-state index in [-0.39, 0.29) is 28.1 Å². The molecule has 0 aliphatic heterocycles. The zero-order valence-electron chi connectivity index (χ0n) is 37.6. The molecular formula is C41H30N2. The van der Waals surface area contributed by atoms with Crippen LogP contribution in [0.5, 0.6) is 0 Å². The van der Waals surface area contributed by atoms with Gasteiger partial charge in [0.25, 0.3) is 0 Å². The predicted octanol–water partition coefficient (Wildman–Crippen LogP) is 10.9. The molecule has 0 radical (unpaired) electrons. The molecule has 2 nitrogen and oxygen atoms in total. The summed E-state index contributed by atoms with van der Waals surface area (Å²) in [5.74, 6) is -0.330. The van der Waals surface area contributed by atoms with Gasteiger partial charge in [-0.3, -0.25) is 4.57 Å². The molecule has 2 heteroatoms. The number of imidazole rings is 1. The maximum absolute atomic E-state index is 8.88. The summed E-state index contributed by atoms with van der Waals surface area (Å²) >= 11 is 0. The topological polar surface area (TPSA) is 17.8 Å². The molecule has 0 saturated carbocycles. The molecule has 7 aromatic carbocycles. The van der Waals surface area contributed by atoms with Crippen molar-refractivity contribution in [3.8, 4) is 39.1 Å². The minimum Gasteiger partial charge on any atom is -0.295 e. The molecule has 0 saturated heterocycles.